The van der Waals surface area contributed by atoms with Gasteiger partial charge >= 0.3 is 0 Å². The summed E-state index contributed by atoms with van der Waals surface area (Å²) >= 11 is 1.90. The number of aliphatic hydroxyl groups is 1. The van der Waals surface area contributed by atoms with Crippen LogP contribution in [-0.4, -0.2) is 22.4 Å². The molecule has 2 nitrogen and oxygen atoms in total. The Labute approximate surface area is 118 Å². The van der Waals surface area contributed by atoms with Gasteiger partial charge in [-0.15, -0.1) is 11.8 Å². The Balaban J connectivity index is 1.94. The highest BCUT2D eigenvalue weighted by molar-refractivity contribution is 8.00. The lowest BCUT2D eigenvalue weighted by atomic mass is 9.84. The molecular formula is C16H20O2S. The van der Waals surface area contributed by atoms with Gasteiger partial charge in [0.25, 0.3) is 0 Å². The zero-order chi connectivity index (χ0) is 13.3. The lowest BCUT2D eigenvalue weighted by Crippen LogP contribution is -2.31. The summed E-state index contributed by atoms with van der Waals surface area (Å²) in [5.41, 5.74) is 3.39. The van der Waals surface area contributed by atoms with Crippen LogP contribution in [0.5, 0.6) is 0 Å². The van der Waals surface area contributed by atoms with E-state index in [0.29, 0.717) is 0 Å². The minimum Gasteiger partial charge on any atom is -0.384 e. The van der Waals surface area contributed by atoms with Gasteiger partial charge in [-0.2, -0.15) is 0 Å². The van der Waals surface area contributed by atoms with E-state index in [1.807, 2.05) is 42.1 Å². The van der Waals surface area contributed by atoms with Crippen molar-refractivity contribution < 1.29 is 9.84 Å². The Morgan fingerprint density at radius 2 is 2.11 bits per heavy atom. The molecule has 1 aromatic rings. The molecule has 0 saturated carbocycles. The predicted octanol–water partition coefficient (Wildman–Crippen LogP) is 3.68. The number of ether oxygens (including phenoxy) is 1. The Morgan fingerprint density at radius 3 is 2.79 bits per heavy atom. The Kier molecular flexibility index (Phi) is 3.70. The second kappa shape index (κ2) is 5.31. The molecule has 1 aliphatic carbocycles. The first kappa shape index (κ1) is 13.2. The van der Waals surface area contributed by atoms with Crippen molar-refractivity contribution in [3.63, 3.8) is 0 Å². The smallest absolute Gasteiger partial charge is 0.135 e. The minimum absolute atomic E-state index is 0.149. The van der Waals surface area contributed by atoms with Gasteiger partial charge in [0.1, 0.15) is 11.0 Å². The highest BCUT2D eigenvalue weighted by Crippen LogP contribution is 2.49. The monoisotopic (exact) mass is 276 g/mol. The number of rotatable bonds is 2. The first-order valence-electron chi connectivity index (χ1n) is 6.94. The van der Waals surface area contributed by atoms with Gasteiger partial charge in [-0.3, -0.25) is 0 Å². The fraction of sp³-hybridized carbons (Fsp3) is 0.500. The van der Waals surface area contributed by atoms with Gasteiger partial charge in [0.15, 0.2) is 0 Å². The molecule has 2 atom stereocenters. The lowest BCUT2D eigenvalue weighted by molar-refractivity contribution is 0.0614. The van der Waals surface area contributed by atoms with Gasteiger partial charge in [0, 0.05) is 5.75 Å². The number of thioether (sulfide) groups is 1. The van der Waals surface area contributed by atoms with Crippen LogP contribution >= 0.6 is 11.8 Å². The second-order valence-electron chi connectivity index (χ2n) is 5.27. The molecular weight excluding hydrogens is 256 g/mol. The Hall–Kier alpha value is -0.770. The number of hydrogen-bond acceptors (Lipinski definition) is 3. The van der Waals surface area contributed by atoms with Crippen molar-refractivity contribution in [1.82, 2.24) is 0 Å². The standard InChI is InChI=1S/C16H20O2S/c1-12-14(15(17)13-6-3-2-4-7-13)8-5-9-16(12)18-10-11-19-16/h2-4,6-7,15,17H,5,8-11H2,1H3/t15-,16+/m0/s1. The molecule has 1 aliphatic heterocycles. The molecule has 1 fully saturated rings. The van der Waals surface area contributed by atoms with E-state index < -0.39 is 6.10 Å². The SMILES string of the molecule is CC1=C([C@@H](O)c2ccccc2)CCC[C@]12OCCS2. The molecule has 3 rings (SSSR count). The molecule has 0 amide bonds. The molecule has 0 unspecified atom stereocenters. The highest BCUT2D eigenvalue weighted by atomic mass is 32.2. The van der Waals surface area contributed by atoms with Crippen LogP contribution < -0.4 is 0 Å². The first-order chi connectivity index (χ1) is 9.23. The third-order valence-corrected chi connectivity index (χ3v) is 5.67. The molecule has 1 spiro atoms. The van der Waals surface area contributed by atoms with Crippen LogP contribution in [-0.2, 0) is 4.74 Å². The molecule has 2 aliphatic rings. The summed E-state index contributed by atoms with van der Waals surface area (Å²) in [7, 11) is 0. The van der Waals surface area contributed by atoms with Crippen LogP contribution in [0.1, 0.15) is 37.9 Å². The summed E-state index contributed by atoms with van der Waals surface area (Å²) < 4.78 is 6.00. The fourth-order valence-corrected chi connectivity index (χ4v) is 4.42. The van der Waals surface area contributed by atoms with Crippen molar-refractivity contribution in [3.05, 3.63) is 47.0 Å². The van der Waals surface area contributed by atoms with Crippen LogP contribution in [0, 0.1) is 0 Å². The fourth-order valence-electron chi connectivity index (χ4n) is 3.13. The van der Waals surface area contributed by atoms with Crippen LogP contribution in [0.3, 0.4) is 0 Å². The third kappa shape index (κ3) is 2.35. The maximum Gasteiger partial charge on any atom is 0.135 e. The van der Waals surface area contributed by atoms with Gasteiger partial charge in [-0.1, -0.05) is 30.3 Å². The quantitative estimate of drug-likeness (QED) is 0.836. The first-order valence-corrected chi connectivity index (χ1v) is 7.92. The largest absolute Gasteiger partial charge is 0.384 e. The maximum absolute atomic E-state index is 10.6. The number of aliphatic hydroxyl groups excluding tert-OH is 1. The molecule has 0 bridgehead atoms. The van der Waals surface area contributed by atoms with E-state index in [2.05, 4.69) is 6.92 Å². The van der Waals surface area contributed by atoms with E-state index >= 15 is 0 Å². The highest BCUT2D eigenvalue weighted by Gasteiger charge is 2.42. The Bertz CT molecular complexity index is 475. The summed E-state index contributed by atoms with van der Waals surface area (Å²) in [5, 5.41) is 10.6. The predicted molar refractivity (Wildman–Crippen MR) is 79.1 cm³/mol. The average Bonchev–Trinajstić information content (AvgIpc) is 2.92. The molecule has 1 aromatic carbocycles. The third-order valence-electron chi connectivity index (χ3n) is 4.20. The van der Waals surface area contributed by atoms with Crippen molar-refractivity contribution in [2.75, 3.05) is 12.4 Å². The molecule has 0 aromatic heterocycles. The Morgan fingerprint density at radius 1 is 1.32 bits per heavy atom. The zero-order valence-corrected chi connectivity index (χ0v) is 12.1. The van der Waals surface area contributed by atoms with Crippen LogP contribution in [0.15, 0.2) is 41.5 Å². The van der Waals surface area contributed by atoms with Crippen molar-refractivity contribution in [3.8, 4) is 0 Å². The van der Waals surface area contributed by atoms with Crippen LogP contribution in [0.2, 0.25) is 0 Å². The summed E-state index contributed by atoms with van der Waals surface area (Å²) in [6, 6.07) is 9.93. The summed E-state index contributed by atoms with van der Waals surface area (Å²) in [6.45, 7) is 2.97. The van der Waals surface area contributed by atoms with Crippen molar-refractivity contribution >= 4 is 11.8 Å². The average molecular weight is 276 g/mol. The van der Waals surface area contributed by atoms with E-state index in [-0.39, 0.29) is 4.93 Å². The van der Waals surface area contributed by atoms with Crippen LogP contribution in [0.25, 0.3) is 0 Å². The summed E-state index contributed by atoms with van der Waals surface area (Å²) in [4.78, 5) is -0.149. The van der Waals surface area contributed by atoms with Crippen molar-refractivity contribution in [1.29, 1.82) is 0 Å². The summed E-state index contributed by atoms with van der Waals surface area (Å²) in [6.07, 6.45) is 2.68. The van der Waals surface area contributed by atoms with Gasteiger partial charge in [0.05, 0.1) is 6.61 Å². The molecule has 1 saturated heterocycles. The van der Waals surface area contributed by atoms with Crippen molar-refractivity contribution in [2.24, 2.45) is 0 Å². The molecule has 0 radical (unpaired) electrons. The molecule has 1 heterocycles. The van der Waals surface area contributed by atoms with E-state index in [4.69, 9.17) is 4.74 Å². The van der Waals surface area contributed by atoms with E-state index in [9.17, 15) is 5.11 Å². The second-order valence-corrected chi connectivity index (χ2v) is 6.62. The van der Waals surface area contributed by atoms with E-state index in [0.717, 1.165) is 42.8 Å². The van der Waals surface area contributed by atoms with Gasteiger partial charge in [0.2, 0.25) is 0 Å². The minimum atomic E-state index is -0.483. The zero-order valence-electron chi connectivity index (χ0n) is 11.3. The van der Waals surface area contributed by atoms with Crippen molar-refractivity contribution in [2.45, 2.75) is 37.2 Å². The summed E-state index contributed by atoms with van der Waals surface area (Å²) in [5.74, 6) is 1.06. The molecule has 1 N–H and O–H groups in total. The molecule has 19 heavy (non-hydrogen) atoms. The number of benzene rings is 1. The normalized spacial score (nSPS) is 28.9. The van der Waals surface area contributed by atoms with E-state index in [1.165, 1.54) is 5.57 Å². The number of hydrogen-bond donors (Lipinski definition) is 1. The van der Waals surface area contributed by atoms with E-state index in [1.54, 1.807) is 0 Å². The van der Waals surface area contributed by atoms with Gasteiger partial charge in [-0.25, -0.2) is 0 Å². The molecule has 3 heteroatoms. The topological polar surface area (TPSA) is 29.5 Å². The van der Waals surface area contributed by atoms with Gasteiger partial charge < -0.3 is 9.84 Å². The maximum atomic E-state index is 10.6. The molecule has 102 valence electrons. The van der Waals surface area contributed by atoms with Crippen LogP contribution in [0.4, 0.5) is 0 Å². The van der Waals surface area contributed by atoms with Gasteiger partial charge in [-0.05, 0) is 42.9 Å². The lowest BCUT2D eigenvalue weighted by Gasteiger charge is -2.36.